The highest BCUT2D eigenvalue weighted by Gasteiger charge is 2.16. The molecule has 0 fully saturated rings. The summed E-state index contributed by atoms with van der Waals surface area (Å²) in [6, 6.07) is 54.3. The molecule has 0 saturated heterocycles. The Labute approximate surface area is 296 Å². The van der Waals surface area contributed by atoms with E-state index in [1.807, 2.05) is 48.8 Å². The Morgan fingerprint density at radius 2 is 0.745 bits per heavy atom. The van der Waals surface area contributed by atoms with Crippen molar-refractivity contribution < 1.29 is 0 Å². The van der Waals surface area contributed by atoms with Gasteiger partial charge in [0.05, 0.1) is 11.4 Å². The van der Waals surface area contributed by atoms with Crippen LogP contribution in [0.3, 0.4) is 0 Å². The van der Waals surface area contributed by atoms with Gasteiger partial charge in [-0.25, -0.2) is 15.0 Å². The fourth-order valence-corrected chi connectivity index (χ4v) is 6.63. The van der Waals surface area contributed by atoms with Crippen LogP contribution in [0.4, 0.5) is 0 Å². The monoisotopic (exact) mass is 653 g/mol. The number of nitrogens with zero attached hydrogens (tertiary/aromatic N) is 5. The van der Waals surface area contributed by atoms with Crippen molar-refractivity contribution in [2.24, 2.45) is 0 Å². The van der Waals surface area contributed by atoms with Gasteiger partial charge in [-0.15, -0.1) is 0 Å². The van der Waals surface area contributed by atoms with Gasteiger partial charge in [0.1, 0.15) is 0 Å². The normalized spacial score (nSPS) is 11.2. The van der Waals surface area contributed by atoms with Gasteiger partial charge < -0.3 is 0 Å². The van der Waals surface area contributed by atoms with Crippen molar-refractivity contribution >= 4 is 21.5 Å². The number of rotatable bonds is 6. The molecule has 240 valence electrons. The summed E-state index contributed by atoms with van der Waals surface area (Å²) in [7, 11) is 0. The largest absolute Gasteiger partial charge is 0.256 e. The molecule has 6 aromatic carbocycles. The Morgan fingerprint density at radius 3 is 1.25 bits per heavy atom. The van der Waals surface area contributed by atoms with Crippen LogP contribution in [0, 0.1) is 6.92 Å². The zero-order valence-electron chi connectivity index (χ0n) is 27.9. The van der Waals surface area contributed by atoms with Crippen molar-refractivity contribution in [3.8, 4) is 67.8 Å². The standard InChI is InChI=1S/C46H31N5/c1-30-16-18-31(19-17-30)32-20-22-35(23-21-32)44-49-45(38-12-6-10-36(28-38)42-40-14-4-2-8-33(40)24-26-47-42)51-46(50-44)39-13-7-11-37(29-39)43-41-15-5-3-9-34(41)25-27-48-43/h2-29H,1H3. The van der Waals surface area contributed by atoms with Gasteiger partial charge in [-0.3, -0.25) is 9.97 Å². The number of aromatic nitrogens is 5. The predicted octanol–water partition coefficient (Wildman–Crippen LogP) is 11.3. The summed E-state index contributed by atoms with van der Waals surface area (Å²) in [5.74, 6) is 1.79. The number of fused-ring (bicyclic) bond motifs is 2. The molecule has 0 radical (unpaired) electrons. The molecule has 0 N–H and O–H groups in total. The minimum Gasteiger partial charge on any atom is -0.256 e. The number of hydrogen-bond acceptors (Lipinski definition) is 5. The highest BCUT2D eigenvalue weighted by atomic mass is 15.0. The lowest BCUT2D eigenvalue weighted by Gasteiger charge is -2.12. The zero-order valence-corrected chi connectivity index (χ0v) is 27.9. The third-order valence-corrected chi connectivity index (χ3v) is 9.30. The lowest BCUT2D eigenvalue weighted by atomic mass is 10.0. The molecule has 0 amide bonds. The van der Waals surface area contributed by atoms with Gasteiger partial charge in [-0.1, -0.05) is 139 Å². The number of benzene rings is 6. The van der Waals surface area contributed by atoms with E-state index in [-0.39, 0.29) is 0 Å². The van der Waals surface area contributed by atoms with Crippen LogP contribution in [-0.4, -0.2) is 24.9 Å². The van der Waals surface area contributed by atoms with E-state index in [4.69, 9.17) is 24.9 Å². The Bertz CT molecular complexity index is 2550. The van der Waals surface area contributed by atoms with Gasteiger partial charge in [-0.05, 0) is 53.1 Å². The van der Waals surface area contributed by atoms with Gasteiger partial charge in [0, 0.05) is 51.0 Å². The average molecular weight is 654 g/mol. The van der Waals surface area contributed by atoms with E-state index >= 15 is 0 Å². The maximum atomic E-state index is 5.10. The molecule has 3 aromatic heterocycles. The van der Waals surface area contributed by atoms with Crippen LogP contribution in [0.1, 0.15) is 5.56 Å². The minimum absolute atomic E-state index is 0.591. The second-order valence-corrected chi connectivity index (χ2v) is 12.7. The maximum absolute atomic E-state index is 5.10. The molecule has 9 rings (SSSR count). The molecule has 0 unspecified atom stereocenters. The molecule has 0 atom stereocenters. The predicted molar refractivity (Wildman–Crippen MR) is 208 cm³/mol. The van der Waals surface area contributed by atoms with Crippen molar-refractivity contribution in [1.29, 1.82) is 0 Å². The van der Waals surface area contributed by atoms with E-state index in [0.717, 1.165) is 66.3 Å². The average Bonchev–Trinajstić information content (AvgIpc) is 3.21. The van der Waals surface area contributed by atoms with Crippen LogP contribution in [0.2, 0.25) is 0 Å². The summed E-state index contributed by atoms with van der Waals surface area (Å²) in [6.07, 6.45) is 3.73. The van der Waals surface area contributed by atoms with Gasteiger partial charge >= 0.3 is 0 Å². The van der Waals surface area contributed by atoms with Crippen LogP contribution < -0.4 is 0 Å². The van der Waals surface area contributed by atoms with E-state index < -0.39 is 0 Å². The van der Waals surface area contributed by atoms with Crippen molar-refractivity contribution in [2.75, 3.05) is 0 Å². The molecule has 0 aliphatic heterocycles. The molecule has 0 saturated carbocycles. The number of aryl methyl sites for hydroxylation is 1. The Hall–Kier alpha value is -6.85. The van der Waals surface area contributed by atoms with Gasteiger partial charge in [-0.2, -0.15) is 0 Å². The summed E-state index contributed by atoms with van der Waals surface area (Å²) in [6.45, 7) is 2.10. The topological polar surface area (TPSA) is 64.5 Å². The lowest BCUT2D eigenvalue weighted by Crippen LogP contribution is -2.00. The van der Waals surface area contributed by atoms with Gasteiger partial charge in [0.25, 0.3) is 0 Å². The van der Waals surface area contributed by atoms with E-state index in [2.05, 4.69) is 128 Å². The molecule has 0 bridgehead atoms. The fourth-order valence-electron chi connectivity index (χ4n) is 6.63. The van der Waals surface area contributed by atoms with Crippen LogP contribution in [0.25, 0.3) is 89.4 Å². The quantitative estimate of drug-likeness (QED) is 0.179. The van der Waals surface area contributed by atoms with Crippen molar-refractivity contribution in [2.45, 2.75) is 6.92 Å². The molecule has 5 heteroatoms. The first kappa shape index (κ1) is 30.2. The van der Waals surface area contributed by atoms with E-state index in [0.29, 0.717) is 17.5 Å². The summed E-state index contributed by atoms with van der Waals surface area (Å²) in [5, 5.41) is 4.49. The smallest absolute Gasteiger partial charge is 0.164 e. The maximum Gasteiger partial charge on any atom is 0.164 e. The molecule has 0 aliphatic rings. The van der Waals surface area contributed by atoms with Gasteiger partial charge in [0.2, 0.25) is 0 Å². The first-order valence-electron chi connectivity index (χ1n) is 17.0. The van der Waals surface area contributed by atoms with Crippen molar-refractivity contribution in [3.63, 3.8) is 0 Å². The lowest BCUT2D eigenvalue weighted by molar-refractivity contribution is 1.07. The molecule has 3 heterocycles. The Morgan fingerprint density at radius 1 is 0.333 bits per heavy atom. The molecular weight excluding hydrogens is 623 g/mol. The molecular formula is C46H31N5. The van der Waals surface area contributed by atoms with E-state index in [1.54, 1.807) is 0 Å². The molecule has 5 nitrogen and oxygen atoms in total. The van der Waals surface area contributed by atoms with Gasteiger partial charge in [0.15, 0.2) is 17.5 Å². The molecule has 51 heavy (non-hydrogen) atoms. The Kier molecular flexibility index (Phi) is 7.63. The van der Waals surface area contributed by atoms with E-state index in [9.17, 15) is 0 Å². The highest BCUT2D eigenvalue weighted by molar-refractivity contribution is 5.96. The summed E-state index contributed by atoms with van der Waals surface area (Å²) >= 11 is 0. The number of hydrogen-bond donors (Lipinski definition) is 0. The zero-order chi connectivity index (χ0) is 34.1. The fraction of sp³-hybridized carbons (Fsp3) is 0.0217. The van der Waals surface area contributed by atoms with Crippen molar-refractivity contribution in [1.82, 2.24) is 24.9 Å². The van der Waals surface area contributed by atoms with E-state index in [1.165, 1.54) is 11.1 Å². The van der Waals surface area contributed by atoms with Crippen molar-refractivity contribution in [3.05, 3.63) is 176 Å². The summed E-state index contributed by atoms with van der Waals surface area (Å²) < 4.78 is 0. The van der Waals surface area contributed by atoms with Crippen LogP contribution in [-0.2, 0) is 0 Å². The second-order valence-electron chi connectivity index (χ2n) is 12.7. The first-order valence-corrected chi connectivity index (χ1v) is 17.0. The number of pyridine rings is 2. The molecule has 0 spiro atoms. The highest BCUT2D eigenvalue weighted by Crippen LogP contribution is 2.33. The minimum atomic E-state index is 0.591. The second kappa shape index (κ2) is 12.9. The van der Waals surface area contributed by atoms with Crippen LogP contribution >= 0.6 is 0 Å². The molecule has 9 aromatic rings. The van der Waals surface area contributed by atoms with Crippen LogP contribution in [0.5, 0.6) is 0 Å². The molecule has 0 aliphatic carbocycles. The summed E-state index contributed by atoms with van der Waals surface area (Å²) in [5.41, 5.74) is 10.1. The third kappa shape index (κ3) is 5.91. The first-order chi connectivity index (χ1) is 25.2. The Balaban J connectivity index is 1.18. The van der Waals surface area contributed by atoms with Crippen LogP contribution in [0.15, 0.2) is 170 Å². The summed E-state index contributed by atoms with van der Waals surface area (Å²) in [4.78, 5) is 24.8. The SMILES string of the molecule is Cc1ccc(-c2ccc(-c3nc(-c4cccc(-c5nccc6ccccc56)c4)nc(-c4cccc(-c5nccc6ccccc56)c4)n3)cc2)cc1. The third-order valence-electron chi connectivity index (χ3n) is 9.30.